The number of quaternary nitrogens is 1. The highest BCUT2D eigenvalue weighted by molar-refractivity contribution is 5.86. The first-order chi connectivity index (χ1) is 11.4. The molecule has 2 rings (SSSR count). The number of carbonyl (C=O) groups is 2. The van der Waals surface area contributed by atoms with Gasteiger partial charge in [-0.2, -0.15) is 0 Å². The Bertz CT molecular complexity index is 580. The molecule has 6 nitrogen and oxygen atoms in total. The molecule has 1 aliphatic heterocycles. The van der Waals surface area contributed by atoms with Gasteiger partial charge in [0.15, 0.2) is 0 Å². The van der Waals surface area contributed by atoms with Crippen molar-refractivity contribution < 1.29 is 14.5 Å². The molecular formula is C18H29N4O2+. The van der Waals surface area contributed by atoms with Gasteiger partial charge in [-0.3, -0.25) is 4.79 Å². The van der Waals surface area contributed by atoms with Crippen molar-refractivity contribution in [3.05, 3.63) is 35.4 Å². The molecule has 4 N–H and O–H groups in total. The fourth-order valence-corrected chi connectivity index (χ4v) is 3.16. The number of aryl methyl sites for hydroxylation is 1. The van der Waals surface area contributed by atoms with Crippen molar-refractivity contribution >= 4 is 11.9 Å². The highest BCUT2D eigenvalue weighted by Crippen LogP contribution is 2.08. The number of nitrogens with zero attached hydrogens (tertiary/aromatic N) is 1. The normalized spacial score (nSPS) is 16.9. The number of benzene rings is 1. The van der Waals surface area contributed by atoms with Crippen LogP contribution < -0.4 is 16.0 Å². The third-order valence-corrected chi connectivity index (χ3v) is 4.71. The van der Waals surface area contributed by atoms with Crippen molar-refractivity contribution in [3.8, 4) is 0 Å². The molecule has 6 heteroatoms. The zero-order valence-corrected chi connectivity index (χ0v) is 14.8. The average Bonchev–Trinajstić information content (AvgIpc) is 2.54. The van der Waals surface area contributed by atoms with Crippen molar-refractivity contribution in [2.75, 3.05) is 26.2 Å². The summed E-state index contributed by atoms with van der Waals surface area (Å²) in [7, 11) is 0. The number of nitrogens with one attached hydrogen (secondary N) is 2. The van der Waals surface area contributed by atoms with Crippen LogP contribution in [-0.4, -0.2) is 49.1 Å². The average molecular weight is 333 g/mol. The third kappa shape index (κ3) is 4.71. The molecule has 0 radical (unpaired) electrons. The summed E-state index contributed by atoms with van der Waals surface area (Å²) in [6.45, 7) is 10.2. The van der Waals surface area contributed by atoms with Crippen LogP contribution >= 0.6 is 0 Å². The fraction of sp³-hybridized carbons (Fsp3) is 0.556. The van der Waals surface area contributed by atoms with Gasteiger partial charge in [0.2, 0.25) is 5.91 Å². The highest BCUT2D eigenvalue weighted by Gasteiger charge is 2.31. The molecule has 1 aliphatic rings. The topological polar surface area (TPSA) is 79.9 Å². The maximum atomic E-state index is 12.6. The molecule has 0 saturated carbocycles. The fourth-order valence-electron chi connectivity index (χ4n) is 3.16. The van der Waals surface area contributed by atoms with Gasteiger partial charge < -0.3 is 20.9 Å². The van der Waals surface area contributed by atoms with E-state index in [1.165, 1.54) is 16.0 Å². The molecule has 0 unspecified atom stereocenters. The summed E-state index contributed by atoms with van der Waals surface area (Å²) in [4.78, 5) is 27.1. The third-order valence-electron chi connectivity index (χ3n) is 4.71. The van der Waals surface area contributed by atoms with Crippen LogP contribution in [-0.2, 0) is 11.3 Å². The van der Waals surface area contributed by atoms with Gasteiger partial charge in [-0.05, 0) is 18.4 Å². The van der Waals surface area contributed by atoms with Gasteiger partial charge in [-0.25, -0.2) is 4.79 Å². The molecule has 0 aliphatic carbocycles. The van der Waals surface area contributed by atoms with Crippen molar-refractivity contribution in [1.29, 1.82) is 0 Å². The van der Waals surface area contributed by atoms with Gasteiger partial charge >= 0.3 is 6.03 Å². The van der Waals surface area contributed by atoms with Crippen LogP contribution in [0.25, 0.3) is 0 Å². The number of hydrogen-bond donors (Lipinski definition) is 3. The predicted molar refractivity (Wildman–Crippen MR) is 93.5 cm³/mol. The van der Waals surface area contributed by atoms with Crippen LogP contribution in [0.2, 0.25) is 0 Å². The summed E-state index contributed by atoms with van der Waals surface area (Å²) in [5.41, 5.74) is 7.87. The number of nitrogens with two attached hydrogens (primary N) is 1. The van der Waals surface area contributed by atoms with Crippen molar-refractivity contribution in [3.63, 3.8) is 0 Å². The van der Waals surface area contributed by atoms with Crippen LogP contribution in [0.5, 0.6) is 0 Å². The monoisotopic (exact) mass is 333 g/mol. The van der Waals surface area contributed by atoms with E-state index in [0.717, 1.165) is 19.6 Å². The van der Waals surface area contributed by atoms with Crippen LogP contribution in [0.4, 0.5) is 4.79 Å². The maximum Gasteiger partial charge on any atom is 0.312 e. The Morgan fingerprint density at radius 2 is 1.88 bits per heavy atom. The molecule has 3 amide bonds. The van der Waals surface area contributed by atoms with E-state index in [2.05, 4.69) is 36.5 Å². The Morgan fingerprint density at radius 3 is 2.42 bits per heavy atom. The summed E-state index contributed by atoms with van der Waals surface area (Å²) < 4.78 is 0. The van der Waals surface area contributed by atoms with Crippen molar-refractivity contribution in [2.24, 2.45) is 11.7 Å². The lowest BCUT2D eigenvalue weighted by Gasteiger charge is -2.35. The molecule has 1 aromatic rings. The van der Waals surface area contributed by atoms with E-state index in [1.54, 1.807) is 0 Å². The van der Waals surface area contributed by atoms with E-state index in [1.807, 2.05) is 18.7 Å². The van der Waals surface area contributed by atoms with Gasteiger partial charge in [0.25, 0.3) is 0 Å². The first kappa shape index (κ1) is 18.3. The molecule has 1 fully saturated rings. The molecule has 0 spiro atoms. The number of amides is 3. The zero-order valence-electron chi connectivity index (χ0n) is 14.8. The number of piperazine rings is 1. The van der Waals surface area contributed by atoms with E-state index in [4.69, 9.17) is 5.73 Å². The second-order valence-electron chi connectivity index (χ2n) is 6.91. The Morgan fingerprint density at radius 1 is 1.25 bits per heavy atom. The Hall–Kier alpha value is -2.08. The van der Waals surface area contributed by atoms with Gasteiger partial charge in [-0.1, -0.05) is 38.1 Å². The first-order valence-corrected chi connectivity index (χ1v) is 8.61. The summed E-state index contributed by atoms with van der Waals surface area (Å²) in [6, 6.07) is 7.25. The summed E-state index contributed by atoms with van der Waals surface area (Å²) in [6.07, 6.45) is 0. The lowest BCUT2D eigenvalue weighted by atomic mass is 10.0. The molecule has 0 bridgehead atoms. The number of urea groups is 1. The van der Waals surface area contributed by atoms with Crippen LogP contribution in [0.1, 0.15) is 25.0 Å². The van der Waals surface area contributed by atoms with Gasteiger partial charge in [-0.15, -0.1) is 0 Å². The molecule has 1 atom stereocenters. The van der Waals surface area contributed by atoms with E-state index in [9.17, 15) is 9.59 Å². The van der Waals surface area contributed by atoms with Gasteiger partial charge in [0.1, 0.15) is 12.6 Å². The Balaban J connectivity index is 1.90. The molecule has 132 valence electrons. The highest BCUT2D eigenvalue weighted by atomic mass is 16.2. The standard InChI is InChI=1S/C18H28N4O2/c1-13(2)16(20-18(19)24)17(23)22-10-8-21(9-11-22)12-15-7-5-4-6-14(15)3/h4-7,13,16H,8-12H2,1-3H3,(H3,19,20,24)/p+1/t16-/m0/s1. The van der Waals surface area contributed by atoms with Crippen LogP contribution in [0.15, 0.2) is 24.3 Å². The predicted octanol–water partition coefficient (Wildman–Crippen LogP) is -0.0850. The van der Waals surface area contributed by atoms with Crippen LogP contribution in [0, 0.1) is 12.8 Å². The summed E-state index contributed by atoms with van der Waals surface area (Å²) in [5.74, 6) is -0.0129. The van der Waals surface area contributed by atoms with Crippen molar-refractivity contribution in [2.45, 2.75) is 33.4 Å². The molecule has 1 aromatic carbocycles. The molecule has 24 heavy (non-hydrogen) atoms. The number of carbonyl (C=O) groups excluding carboxylic acids is 2. The largest absolute Gasteiger partial charge is 0.352 e. The summed E-state index contributed by atoms with van der Waals surface area (Å²) in [5, 5.41) is 2.58. The number of hydrogen-bond acceptors (Lipinski definition) is 2. The lowest BCUT2D eigenvalue weighted by molar-refractivity contribution is -0.917. The summed E-state index contributed by atoms with van der Waals surface area (Å²) >= 11 is 0. The maximum absolute atomic E-state index is 12.6. The van der Waals surface area contributed by atoms with E-state index >= 15 is 0 Å². The van der Waals surface area contributed by atoms with E-state index < -0.39 is 12.1 Å². The first-order valence-electron chi connectivity index (χ1n) is 8.61. The second-order valence-corrected chi connectivity index (χ2v) is 6.91. The van der Waals surface area contributed by atoms with Crippen molar-refractivity contribution in [1.82, 2.24) is 10.2 Å². The quantitative estimate of drug-likeness (QED) is 0.704. The zero-order chi connectivity index (χ0) is 17.7. The van der Waals surface area contributed by atoms with Crippen LogP contribution in [0.3, 0.4) is 0 Å². The van der Waals surface area contributed by atoms with E-state index in [-0.39, 0.29) is 11.8 Å². The molecule has 1 saturated heterocycles. The molecule has 1 heterocycles. The van der Waals surface area contributed by atoms with E-state index in [0.29, 0.717) is 13.1 Å². The SMILES string of the molecule is Cc1ccccc1C[NH+]1CCN(C(=O)[C@@H](NC(N)=O)C(C)C)CC1. The smallest absolute Gasteiger partial charge is 0.312 e. The Kier molecular flexibility index (Phi) is 6.20. The molecule has 0 aromatic heterocycles. The van der Waals surface area contributed by atoms with Gasteiger partial charge in [0.05, 0.1) is 26.2 Å². The van der Waals surface area contributed by atoms with Gasteiger partial charge in [0, 0.05) is 5.56 Å². The number of rotatable bonds is 5. The second kappa shape index (κ2) is 8.15. The minimum absolute atomic E-state index is 0.0161. The Labute approximate surface area is 144 Å². The minimum atomic E-state index is -0.647. The lowest BCUT2D eigenvalue weighted by Crippen LogP contribution is -3.13. The number of primary amides is 1. The molecular weight excluding hydrogens is 304 g/mol. The minimum Gasteiger partial charge on any atom is -0.352 e.